The quantitative estimate of drug-likeness (QED) is 0.652. The van der Waals surface area contributed by atoms with Crippen LogP contribution < -0.4 is 0 Å². The molecule has 31 heavy (non-hydrogen) atoms. The molecule has 168 valence electrons. The summed E-state index contributed by atoms with van der Waals surface area (Å²) in [7, 11) is -3.74. The summed E-state index contributed by atoms with van der Waals surface area (Å²) < 4.78 is 41.2. The van der Waals surface area contributed by atoms with Crippen molar-refractivity contribution in [1.29, 1.82) is 0 Å². The van der Waals surface area contributed by atoms with Gasteiger partial charge in [-0.3, -0.25) is 9.69 Å². The van der Waals surface area contributed by atoms with Crippen LogP contribution in [0, 0.1) is 11.7 Å². The molecule has 2 saturated heterocycles. The minimum atomic E-state index is -3.74. The number of sulfonamides is 1. The van der Waals surface area contributed by atoms with E-state index in [9.17, 15) is 17.6 Å². The second kappa shape index (κ2) is 9.54. The molecule has 1 aromatic heterocycles. The number of benzene rings is 1. The number of thiophene rings is 1. The SMILES string of the molecule is O=C([C@@H]1CCCN(S(=O)(=O)c2ccc(F)cc2)C1)N1CCN(Cc2ccc(Cl)s2)CC1. The van der Waals surface area contributed by atoms with Crippen LogP contribution in [0.5, 0.6) is 0 Å². The normalized spacial score (nSPS) is 21.4. The summed E-state index contributed by atoms with van der Waals surface area (Å²) in [6.45, 7) is 4.22. The fourth-order valence-electron chi connectivity index (χ4n) is 4.16. The summed E-state index contributed by atoms with van der Waals surface area (Å²) in [6, 6.07) is 8.76. The van der Waals surface area contributed by atoms with Crippen molar-refractivity contribution in [3.8, 4) is 0 Å². The largest absolute Gasteiger partial charge is 0.340 e. The Labute approximate surface area is 191 Å². The van der Waals surface area contributed by atoms with Gasteiger partial charge in [0.2, 0.25) is 15.9 Å². The standard InChI is InChI=1S/C21H25ClFN3O3S2/c22-20-8-5-18(30-20)15-24-10-12-25(13-11-24)21(27)16-2-1-9-26(14-16)31(28,29)19-6-3-17(23)4-7-19/h3-8,16H,1-2,9-15H2/t16-/m1/s1. The molecule has 6 nitrogen and oxygen atoms in total. The molecule has 3 heterocycles. The zero-order valence-corrected chi connectivity index (χ0v) is 19.4. The lowest BCUT2D eigenvalue weighted by atomic mass is 9.98. The number of hydrogen-bond acceptors (Lipinski definition) is 5. The minimum absolute atomic E-state index is 0.0258. The highest BCUT2D eigenvalue weighted by Gasteiger charge is 2.35. The highest BCUT2D eigenvalue weighted by atomic mass is 35.5. The van der Waals surface area contributed by atoms with E-state index >= 15 is 0 Å². The number of nitrogens with zero attached hydrogens (tertiary/aromatic N) is 3. The second-order valence-corrected chi connectivity index (χ2v) is 11.7. The summed E-state index contributed by atoms with van der Waals surface area (Å²) in [4.78, 5) is 18.5. The van der Waals surface area contributed by atoms with Crippen molar-refractivity contribution >= 4 is 38.9 Å². The van der Waals surface area contributed by atoms with E-state index in [1.165, 1.54) is 21.3 Å². The predicted molar refractivity (Wildman–Crippen MR) is 119 cm³/mol. The number of rotatable bonds is 5. The molecule has 10 heteroatoms. The Morgan fingerprint density at radius 2 is 1.77 bits per heavy atom. The van der Waals surface area contributed by atoms with E-state index in [4.69, 9.17) is 11.6 Å². The highest BCUT2D eigenvalue weighted by Crippen LogP contribution is 2.26. The third-order valence-electron chi connectivity index (χ3n) is 5.88. The monoisotopic (exact) mass is 485 g/mol. The average Bonchev–Trinajstić information content (AvgIpc) is 3.18. The Morgan fingerprint density at radius 3 is 2.42 bits per heavy atom. The molecule has 0 saturated carbocycles. The van der Waals surface area contributed by atoms with Crippen molar-refractivity contribution in [3.05, 3.63) is 51.4 Å². The maximum Gasteiger partial charge on any atom is 0.243 e. The molecule has 1 aromatic carbocycles. The molecule has 0 radical (unpaired) electrons. The molecule has 1 atom stereocenters. The van der Waals surface area contributed by atoms with Crippen LogP contribution in [0.15, 0.2) is 41.3 Å². The first-order valence-corrected chi connectivity index (χ1v) is 13.0. The maximum absolute atomic E-state index is 13.2. The van der Waals surface area contributed by atoms with Crippen LogP contribution in [0.2, 0.25) is 4.34 Å². The zero-order valence-electron chi connectivity index (χ0n) is 17.0. The number of carbonyl (C=O) groups excluding carboxylic acids is 1. The third-order valence-corrected chi connectivity index (χ3v) is 8.97. The molecule has 0 bridgehead atoms. The van der Waals surface area contributed by atoms with E-state index in [2.05, 4.69) is 4.90 Å². The van der Waals surface area contributed by atoms with Gasteiger partial charge in [-0.15, -0.1) is 11.3 Å². The molecule has 2 aromatic rings. The summed E-state index contributed by atoms with van der Waals surface area (Å²) in [5.74, 6) is -0.795. The van der Waals surface area contributed by atoms with Gasteiger partial charge in [0.05, 0.1) is 15.1 Å². The Balaban J connectivity index is 1.34. The highest BCUT2D eigenvalue weighted by molar-refractivity contribution is 7.89. The molecule has 2 fully saturated rings. The Kier molecular flexibility index (Phi) is 6.98. The summed E-state index contributed by atoms with van der Waals surface area (Å²) in [5, 5.41) is 0. The van der Waals surface area contributed by atoms with E-state index in [0.29, 0.717) is 32.5 Å². The maximum atomic E-state index is 13.2. The summed E-state index contributed by atoms with van der Waals surface area (Å²) >= 11 is 7.57. The van der Waals surface area contributed by atoms with Gasteiger partial charge in [0, 0.05) is 50.7 Å². The molecule has 4 rings (SSSR count). The molecule has 0 N–H and O–H groups in total. The van der Waals surface area contributed by atoms with Crippen LogP contribution in [0.25, 0.3) is 0 Å². The smallest absolute Gasteiger partial charge is 0.243 e. The van der Waals surface area contributed by atoms with Crippen LogP contribution in [-0.2, 0) is 21.4 Å². The number of amides is 1. The number of halogens is 2. The molecule has 2 aliphatic rings. The number of piperidine rings is 1. The van der Waals surface area contributed by atoms with E-state index in [0.717, 1.165) is 36.1 Å². The van der Waals surface area contributed by atoms with Crippen molar-refractivity contribution in [2.45, 2.75) is 24.3 Å². The van der Waals surface area contributed by atoms with Crippen molar-refractivity contribution in [1.82, 2.24) is 14.1 Å². The van der Waals surface area contributed by atoms with E-state index in [-0.39, 0.29) is 23.3 Å². The van der Waals surface area contributed by atoms with Crippen LogP contribution in [-0.4, -0.2) is 67.7 Å². The second-order valence-electron chi connectivity index (χ2n) is 7.96. The topological polar surface area (TPSA) is 60.9 Å². The molecular weight excluding hydrogens is 461 g/mol. The number of hydrogen-bond donors (Lipinski definition) is 0. The van der Waals surface area contributed by atoms with Crippen molar-refractivity contribution in [2.24, 2.45) is 5.92 Å². The lowest BCUT2D eigenvalue weighted by Crippen LogP contribution is -2.52. The van der Waals surface area contributed by atoms with Crippen LogP contribution in [0.4, 0.5) is 4.39 Å². The van der Waals surface area contributed by atoms with Gasteiger partial charge in [0.25, 0.3) is 0 Å². The molecular formula is C21H25ClFN3O3S2. The first kappa shape index (κ1) is 22.7. The fraction of sp³-hybridized carbons (Fsp3) is 0.476. The molecule has 2 aliphatic heterocycles. The summed E-state index contributed by atoms with van der Waals surface area (Å²) in [5.41, 5.74) is 0. The number of piperazine rings is 1. The Morgan fingerprint density at radius 1 is 1.06 bits per heavy atom. The number of carbonyl (C=O) groups is 1. The Bertz CT molecular complexity index is 1020. The summed E-state index contributed by atoms with van der Waals surface area (Å²) in [6.07, 6.45) is 1.32. The van der Waals surface area contributed by atoms with Crippen LogP contribution in [0.1, 0.15) is 17.7 Å². The lowest BCUT2D eigenvalue weighted by Gasteiger charge is -2.38. The molecule has 0 spiro atoms. The van der Waals surface area contributed by atoms with Gasteiger partial charge in [0.15, 0.2) is 0 Å². The van der Waals surface area contributed by atoms with Crippen LogP contribution >= 0.6 is 22.9 Å². The predicted octanol–water partition coefficient (Wildman–Crippen LogP) is 3.29. The van der Waals surface area contributed by atoms with Gasteiger partial charge in [-0.2, -0.15) is 4.31 Å². The van der Waals surface area contributed by atoms with Crippen molar-refractivity contribution in [2.75, 3.05) is 39.3 Å². The molecule has 0 unspecified atom stereocenters. The molecule has 1 amide bonds. The zero-order chi connectivity index (χ0) is 22.0. The van der Waals surface area contributed by atoms with Gasteiger partial charge in [-0.25, -0.2) is 12.8 Å². The van der Waals surface area contributed by atoms with Gasteiger partial charge < -0.3 is 4.90 Å². The van der Waals surface area contributed by atoms with Gasteiger partial charge in [-0.1, -0.05) is 11.6 Å². The first-order valence-electron chi connectivity index (χ1n) is 10.3. The average molecular weight is 486 g/mol. The van der Waals surface area contributed by atoms with Gasteiger partial charge in [-0.05, 0) is 49.2 Å². The van der Waals surface area contributed by atoms with Crippen molar-refractivity contribution < 1.29 is 17.6 Å². The first-order chi connectivity index (χ1) is 14.8. The molecule has 0 aliphatic carbocycles. The Hall–Kier alpha value is -1.52. The van der Waals surface area contributed by atoms with E-state index < -0.39 is 15.8 Å². The van der Waals surface area contributed by atoms with Crippen molar-refractivity contribution in [3.63, 3.8) is 0 Å². The van der Waals surface area contributed by atoms with Gasteiger partial charge in [0.1, 0.15) is 5.82 Å². The van der Waals surface area contributed by atoms with E-state index in [1.807, 2.05) is 17.0 Å². The van der Waals surface area contributed by atoms with E-state index in [1.54, 1.807) is 11.3 Å². The lowest BCUT2D eigenvalue weighted by molar-refractivity contribution is -0.138. The third kappa shape index (κ3) is 5.28. The fourth-order valence-corrected chi connectivity index (χ4v) is 6.81. The van der Waals surface area contributed by atoms with Gasteiger partial charge >= 0.3 is 0 Å². The van der Waals surface area contributed by atoms with Crippen LogP contribution in [0.3, 0.4) is 0 Å². The minimum Gasteiger partial charge on any atom is -0.340 e.